The normalized spacial score (nSPS) is 11.4. The second-order valence-corrected chi connectivity index (χ2v) is 7.79. The van der Waals surface area contributed by atoms with E-state index in [2.05, 4.69) is 5.32 Å². The van der Waals surface area contributed by atoms with Gasteiger partial charge in [0.15, 0.2) is 0 Å². The minimum absolute atomic E-state index is 0.00941. The van der Waals surface area contributed by atoms with Gasteiger partial charge >= 0.3 is 14.8 Å². The van der Waals surface area contributed by atoms with Gasteiger partial charge in [-0.25, -0.2) is 0 Å². The van der Waals surface area contributed by atoms with Crippen molar-refractivity contribution in [1.29, 1.82) is 0 Å². The smallest absolute Gasteiger partial charge is 0.481 e. The van der Waals surface area contributed by atoms with Gasteiger partial charge in [0, 0.05) is 46.8 Å². The molecule has 0 radical (unpaired) electrons. The van der Waals surface area contributed by atoms with Crippen molar-refractivity contribution in [3.8, 4) is 0 Å². The zero-order chi connectivity index (χ0) is 16.1. The number of carbonyl (C=O) groups excluding carboxylic acids is 1. The molecule has 0 aliphatic rings. The van der Waals surface area contributed by atoms with Crippen LogP contribution in [0.25, 0.3) is 0 Å². The highest BCUT2D eigenvalue weighted by molar-refractivity contribution is 6.60. The van der Waals surface area contributed by atoms with E-state index >= 15 is 0 Å². The molecule has 0 bridgehead atoms. The highest BCUT2D eigenvalue weighted by Crippen LogP contribution is 2.14. The van der Waals surface area contributed by atoms with Crippen molar-refractivity contribution < 1.29 is 28.0 Å². The SMILES string of the molecule is CO[Si](CCCNC(=O)CCCCCC(=O)O)(OC)OC. The molecule has 0 atom stereocenters. The van der Waals surface area contributed by atoms with Crippen LogP contribution in [0.3, 0.4) is 0 Å². The van der Waals surface area contributed by atoms with Crippen LogP contribution in [0.2, 0.25) is 6.04 Å². The van der Waals surface area contributed by atoms with Crippen LogP contribution in [-0.2, 0) is 22.9 Å². The number of aliphatic carboxylic acids is 1. The fourth-order valence-corrected chi connectivity index (χ4v) is 3.64. The van der Waals surface area contributed by atoms with Crippen molar-refractivity contribution in [2.24, 2.45) is 0 Å². The number of hydrogen-bond donors (Lipinski definition) is 2. The Morgan fingerprint density at radius 1 is 0.952 bits per heavy atom. The molecule has 0 unspecified atom stereocenters. The largest absolute Gasteiger partial charge is 0.500 e. The highest BCUT2D eigenvalue weighted by atomic mass is 28.4. The molecule has 0 heterocycles. The molecule has 0 saturated heterocycles. The lowest BCUT2D eigenvalue weighted by molar-refractivity contribution is -0.137. The van der Waals surface area contributed by atoms with E-state index in [1.165, 1.54) is 0 Å². The molecule has 124 valence electrons. The lowest BCUT2D eigenvalue weighted by Crippen LogP contribution is -2.43. The molecule has 2 N–H and O–H groups in total. The minimum Gasteiger partial charge on any atom is -0.481 e. The molecule has 0 aromatic heterocycles. The third-order valence-corrected chi connectivity index (χ3v) is 6.04. The van der Waals surface area contributed by atoms with Crippen LogP contribution < -0.4 is 5.32 Å². The van der Waals surface area contributed by atoms with E-state index in [-0.39, 0.29) is 12.3 Å². The van der Waals surface area contributed by atoms with Crippen molar-refractivity contribution in [3.63, 3.8) is 0 Å². The molecule has 21 heavy (non-hydrogen) atoms. The van der Waals surface area contributed by atoms with Gasteiger partial charge in [-0.15, -0.1) is 0 Å². The van der Waals surface area contributed by atoms with Gasteiger partial charge in [0.2, 0.25) is 5.91 Å². The van der Waals surface area contributed by atoms with Gasteiger partial charge in [0.25, 0.3) is 0 Å². The van der Waals surface area contributed by atoms with E-state index in [0.29, 0.717) is 31.9 Å². The molecular formula is C13H27NO6Si. The molecule has 0 rings (SSSR count). The molecule has 0 aliphatic heterocycles. The predicted octanol–water partition coefficient (Wildman–Crippen LogP) is 1.41. The average molecular weight is 321 g/mol. The van der Waals surface area contributed by atoms with Crippen molar-refractivity contribution in [3.05, 3.63) is 0 Å². The van der Waals surface area contributed by atoms with Crippen molar-refractivity contribution in [1.82, 2.24) is 5.32 Å². The summed E-state index contributed by atoms with van der Waals surface area (Å²) in [5, 5.41) is 11.3. The van der Waals surface area contributed by atoms with Crippen LogP contribution >= 0.6 is 0 Å². The molecule has 0 aromatic carbocycles. The Balaban J connectivity index is 3.64. The summed E-state index contributed by atoms with van der Waals surface area (Å²) in [6.45, 7) is 0.554. The standard InChI is InChI=1S/C13H27NO6Si/c1-18-21(19-2,20-3)11-7-10-14-12(15)8-5-4-6-9-13(16)17/h4-11H2,1-3H3,(H,14,15)(H,16,17). The average Bonchev–Trinajstić information content (AvgIpc) is 2.47. The zero-order valence-electron chi connectivity index (χ0n) is 13.1. The predicted molar refractivity (Wildman–Crippen MR) is 79.9 cm³/mol. The summed E-state index contributed by atoms with van der Waals surface area (Å²) in [6.07, 6.45) is 3.41. The second-order valence-electron chi connectivity index (χ2n) is 4.70. The summed E-state index contributed by atoms with van der Waals surface area (Å²) in [5.74, 6) is -0.800. The Morgan fingerprint density at radius 3 is 2.05 bits per heavy atom. The van der Waals surface area contributed by atoms with Crippen LogP contribution in [0.15, 0.2) is 0 Å². The monoisotopic (exact) mass is 321 g/mol. The quantitative estimate of drug-likeness (QED) is 0.393. The molecule has 0 spiro atoms. The van der Waals surface area contributed by atoms with Crippen molar-refractivity contribution in [2.75, 3.05) is 27.9 Å². The number of rotatable bonds is 13. The first-order valence-electron chi connectivity index (χ1n) is 7.13. The van der Waals surface area contributed by atoms with E-state index < -0.39 is 14.8 Å². The zero-order valence-corrected chi connectivity index (χ0v) is 14.1. The maximum absolute atomic E-state index is 11.6. The molecule has 0 aliphatic carbocycles. The first kappa shape index (κ1) is 20.0. The number of carboxylic acid groups (broad SMARTS) is 1. The van der Waals surface area contributed by atoms with E-state index in [4.69, 9.17) is 18.4 Å². The fraction of sp³-hybridized carbons (Fsp3) is 0.846. The van der Waals surface area contributed by atoms with Gasteiger partial charge in [-0.3, -0.25) is 9.59 Å². The summed E-state index contributed by atoms with van der Waals surface area (Å²) < 4.78 is 15.9. The Labute approximate surface area is 127 Å². The van der Waals surface area contributed by atoms with Crippen LogP contribution in [0.4, 0.5) is 0 Å². The highest BCUT2D eigenvalue weighted by Gasteiger charge is 2.36. The van der Waals surface area contributed by atoms with E-state index in [9.17, 15) is 9.59 Å². The topological polar surface area (TPSA) is 94.1 Å². The Hall–Kier alpha value is -0.963. The van der Waals surface area contributed by atoms with Crippen molar-refractivity contribution in [2.45, 2.75) is 44.6 Å². The Morgan fingerprint density at radius 2 is 1.52 bits per heavy atom. The van der Waals surface area contributed by atoms with Gasteiger partial charge in [-0.05, 0) is 19.3 Å². The van der Waals surface area contributed by atoms with Crippen molar-refractivity contribution >= 4 is 20.7 Å². The molecule has 7 nitrogen and oxygen atoms in total. The Kier molecular flexibility index (Phi) is 11.1. The summed E-state index contributed by atoms with van der Waals surface area (Å²) in [4.78, 5) is 21.9. The molecule has 0 saturated carbocycles. The summed E-state index contributed by atoms with van der Waals surface area (Å²) in [7, 11) is 2.15. The van der Waals surface area contributed by atoms with E-state index in [1.54, 1.807) is 21.3 Å². The lowest BCUT2D eigenvalue weighted by atomic mass is 10.1. The minimum atomic E-state index is -2.54. The first-order valence-corrected chi connectivity index (χ1v) is 9.07. The number of amides is 1. The third kappa shape index (κ3) is 9.56. The lowest BCUT2D eigenvalue weighted by Gasteiger charge is -2.24. The van der Waals surface area contributed by atoms with Crippen LogP contribution in [0, 0.1) is 0 Å². The number of carboxylic acids is 1. The van der Waals surface area contributed by atoms with Gasteiger partial charge in [-0.1, -0.05) is 6.42 Å². The number of nitrogens with one attached hydrogen (secondary N) is 1. The molecule has 0 aromatic rings. The third-order valence-electron chi connectivity index (χ3n) is 3.21. The van der Waals surface area contributed by atoms with Gasteiger partial charge in [-0.2, -0.15) is 0 Å². The molecule has 1 amide bonds. The van der Waals surface area contributed by atoms with Crippen LogP contribution in [-0.4, -0.2) is 53.7 Å². The van der Waals surface area contributed by atoms with Gasteiger partial charge in [0.05, 0.1) is 0 Å². The summed E-state index contributed by atoms with van der Waals surface area (Å²) in [5.41, 5.74) is 0. The fourth-order valence-electron chi connectivity index (χ4n) is 1.92. The van der Waals surface area contributed by atoms with Crippen LogP contribution in [0.5, 0.6) is 0 Å². The maximum atomic E-state index is 11.6. The van der Waals surface area contributed by atoms with E-state index in [1.807, 2.05) is 0 Å². The molecular weight excluding hydrogens is 294 g/mol. The molecule has 0 fully saturated rings. The molecule has 8 heteroatoms. The number of hydrogen-bond acceptors (Lipinski definition) is 5. The summed E-state index contributed by atoms with van der Waals surface area (Å²) >= 11 is 0. The maximum Gasteiger partial charge on any atom is 0.500 e. The number of unbranched alkanes of at least 4 members (excludes halogenated alkanes) is 2. The van der Waals surface area contributed by atoms with Gasteiger partial charge < -0.3 is 23.7 Å². The number of carbonyl (C=O) groups is 2. The van der Waals surface area contributed by atoms with Gasteiger partial charge in [0.1, 0.15) is 0 Å². The van der Waals surface area contributed by atoms with Crippen LogP contribution in [0.1, 0.15) is 38.5 Å². The Bertz CT molecular complexity index is 301. The first-order chi connectivity index (χ1) is 9.99. The second kappa shape index (κ2) is 11.7. The van der Waals surface area contributed by atoms with E-state index in [0.717, 1.165) is 12.8 Å². The summed E-state index contributed by atoms with van der Waals surface area (Å²) in [6, 6.07) is 0.648.